The number of benzene rings is 1. The van der Waals surface area contributed by atoms with Crippen LogP contribution in [0.5, 0.6) is 0 Å². The average molecular weight is 308 g/mol. The van der Waals surface area contributed by atoms with Crippen LogP contribution in [0.2, 0.25) is 0 Å². The predicted octanol–water partition coefficient (Wildman–Crippen LogP) is 2.98. The van der Waals surface area contributed by atoms with Crippen LogP contribution in [0.4, 0.5) is 0 Å². The molecule has 5 heteroatoms. The highest BCUT2D eigenvalue weighted by molar-refractivity contribution is 9.10. The van der Waals surface area contributed by atoms with Crippen LogP contribution in [0.1, 0.15) is 23.8 Å². The van der Waals surface area contributed by atoms with E-state index >= 15 is 0 Å². The summed E-state index contributed by atoms with van der Waals surface area (Å²) in [6.07, 6.45) is 0.916. The van der Waals surface area contributed by atoms with E-state index in [0.29, 0.717) is 12.2 Å². The van der Waals surface area contributed by atoms with Gasteiger partial charge in [0.1, 0.15) is 5.69 Å². The zero-order chi connectivity index (χ0) is 13.0. The van der Waals surface area contributed by atoms with Crippen molar-refractivity contribution in [3.8, 4) is 11.3 Å². The van der Waals surface area contributed by atoms with Gasteiger partial charge in [-0.15, -0.1) is 0 Å². The summed E-state index contributed by atoms with van der Waals surface area (Å²) in [6.45, 7) is 2.69. The SMILES string of the molecule is CCCNC(=O)c1cc(-c2ccc(Br)cc2)n[nH]1. The lowest BCUT2D eigenvalue weighted by atomic mass is 10.1. The molecule has 0 spiro atoms. The van der Waals surface area contributed by atoms with Crippen molar-refractivity contribution in [1.29, 1.82) is 0 Å². The summed E-state index contributed by atoms with van der Waals surface area (Å²) in [7, 11) is 0. The molecule has 2 aromatic rings. The number of amides is 1. The summed E-state index contributed by atoms with van der Waals surface area (Å²) >= 11 is 3.38. The van der Waals surface area contributed by atoms with Crippen LogP contribution in [0.3, 0.4) is 0 Å². The van der Waals surface area contributed by atoms with Crippen molar-refractivity contribution >= 4 is 21.8 Å². The van der Waals surface area contributed by atoms with Crippen molar-refractivity contribution in [1.82, 2.24) is 15.5 Å². The number of rotatable bonds is 4. The topological polar surface area (TPSA) is 57.8 Å². The summed E-state index contributed by atoms with van der Waals surface area (Å²) in [5, 5.41) is 9.70. The van der Waals surface area contributed by atoms with Gasteiger partial charge in [-0.1, -0.05) is 35.0 Å². The zero-order valence-corrected chi connectivity index (χ0v) is 11.6. The normalized spacial score (nSPS) is 10.3. The standard InChI is InChI=1S/C13H14BrN3O/c1-2-7-15-13(18)12-8-11(16-17-12)9-3-5-10(14)6-4-9/h3-6,8H,2,7H2,1H3,(H,15,18)(H,16,17). The Hall–Kier alpha value is -1.62. The van der Waals surface area contributed by atoms with E-state index in [1.165, 1.54) is 0 Å². The Morgan fingerprint density at radius 3 is 2.78 bits per heavy atom. The van der Waals surface area contributed by atoms with Gasteiger partial charge in [0.25, 0.3) is 5.91 Å². The van der Waals surface area contributed by atoms with Crippen molar-refractivity contribution < 1.29 is 4.79 Å². The Morgan fingerprint density at radius 2 is 2.11 bits per heavy atom. The quantitative estimate of drug-likeness (QED) is 0.912. The Kier molecular flexibility index (Phi) is 4.15. The fourth-order valence-electron chi connectivity index (χ4n) is 1.54. The molecule has 0 saturated heterocycles. The molecule has 0 saturated carbocycles. The van der Waals surface area contributed by atoms with Gasteiger partial charge < -0.3 is 5.32 Å². The van der Waals surface area contributed by atoms with E-state index < -0.39 is 0 Å². The third kappa shape index (κ3) is 2.98. The lowest BCUT2D eigenvalue weighted by molar-refractivity contribution is 0.0948. The highest BCUT2D eigenvalue weighted by Crippen LogP contribution is 2.20. The molecule has 4 nitrogen and oxygen atoms in total. The van der Waals surface area contributed by atoms with Crippen molar-refractivity contribution in [2.24, 2.45) is 0 Å². The Bertz CT molecular complexity index is 533. The maximum absolute atomic E-state index is 11.7. The maximum atomic E-state index is 11.7. The molecular weight excluding hydrogens is 294 g/mol. The lowest BCUT2D eigenvalue weighted by Gasteiger charge is -1.99. The first-order valence-corrected chi connectivity index (χ1v) is 6.59. The molecule has 1 amide bonds. The number of halogens is 1. The third-order valence-electron chi connectivity index (χ3n) is 2.50. The molecule has 2 N–H and O–H groups in total. The Balaban J connectivity index is 2.15. The van der Waals surface area contributed by atoms with Gasteiger partial charge in [0.2, 0.25) is 0 Å². The van der Waals surface area contributed by atoms with E-state index in [4.69, 9.17) is 0 Å². The minimum Gasteiger partial charge on any atom is -0.351 e. The lowest BCUT2D eigenvalue weighted by Crippen LogP contribution is -2.24. The minimum atomic E-state index is -0.118. The van der Waals surface area contributed by atoms with Crippen LogP contribution >= 0.6 is 15.9 Å². The zero-order valence-electron chi connectivity index (χ0n) is 10.0. The third-order valence-corrected chi connectivity index (χ3v) is 3.03. The second-order valence-electron chi connectivity index (χ2n) is 3.93. The van der Waals surface area contributed by atoms with Crippen LogP contribution in [0.15, 0.2) is 34.8 Å². The van der Waals surface area contributed by atoms with Crippen LogP contribution < -0.4 is 5.32 Å². The fourth-order valence-corrected chi connectivity index (χ4v) is 1.80. The van der Waals surface area contributed by atoms with Crippen LogP contribution in [-0.2, 0) is 0 Å². The number of carbonyl (C=O) groups excluding carboxylic acids is 1. The number of hydrogen-bond acceptors (Lipinski definition) is 2. The molecule has 1 aromatic heterocycles. The molecular formula is C13H14BrN3O. The van der Waals surface area contributed by atoms with E-state index in [1.807, 2.05) is 31.2 Å². The summed E-state index contributed by atoms with van der Waals surface area (Å²) in [5.74, 6) is -0.118. The molecule has 0 radical (unpaired) electrons. The van der Waals surface area contributed by atoms with Gasteiger partial charge in [-0.05, 0) is 24.6 Å². The first kappa shape index (κ1) is 12.8. The summed E-state index contributed by atoms with van der Waals surface area (Å²) < 4.78 is 1.02. The van der Waals surface area contributed by atoms with E-state index in [0.717, 1.165) is 22.2 Å². The van der Waals surface area contributed by atoms with Gasteiger partial charge >= 0.3 is 0 Å². The van der Waals surface area contributed by atoms with Gasteiger partial charge in [-0.2, -0.15) is 5.10 Å². The van der Waals surface area contributed by atoms with Gasteiger partial charge in [0.05, 0.1) is 5.69 Å². The maximum Gasteiger partial charge on any atom is 0.269 e. The van der Waals surface area contributed by atoms with Crippen LogP contribution in [0.25, 0.3) is 11.3 Å². The average Bonchev–Trinajstić information content (AvgIpc) is 2.86. The number of nitrogens with zero attached hydrogens (tertiary/aromatic N) is 1. The molecule has 0 bridgehead atoms. The monoisotopic (exact) mass is 307 g/mol. The number of H-pyrrole nitrogens is 1. The van der Waals surface area contributed by atoms with Crippen molar-refractivity contribution in [2.75, 3.05) is 6.54 Å². The number of hydrogen-bond donors (Lipinski definition) is 2. The molecule has 0 aliphatic heterocycles. The number of aromatic amines is 1. The van der Waals surface area contributed by atoms with Gasteiger partial charge in [0.15, 0.2) is 0 Å². The van der Waals surface area contributed by atoms with Crippen molar-refractivity contribution in [3.63, 3.8) is 0 Å². The Labute approximate surface area is 114 Å². The van der Waals surface area contributed by atoms with Crippen LogP contribution in [0, 0.1) is 0 Å². The smallest absolute Gasteiger partial charge is 0.269 e. The molecule has 94 valence electrons. The number of carbonyl (C=O) groups is 1. The molecule has 0 aliphatic rings. The van der Waals surface area contributed by atoms with Crippen LogP contribution in [-0.4, -0.2) is 22.6 Å². The molecule has 0 aliphatic carbocycles. The molecule has 1 aromatic carbocycles. The predicted molar refractivity (Wildman–Crippen MR) is 74.3 cm³/mol. The summed E-state index contributed by atoms with van der Waals surface area (Å²) in [4.78, 5) is 11.7. The second kappa shape index (κ2) is 5.82. The van der Waals surface area contributed by atoms with E-state index in [-0.39, 0.29) is 5.91 Å². The molecule has 2 rings (SSSR count). The molecule has 18 heavy (non-hydrogen) atoms. The van der Waals surface area contributed by atoms with Gasteiger partial charge in [-0.3, -0.25) is 9.89 Å². The summed E-state index contributed by atoms with van der Waals surface area (Å²) in [6, 6.07) is 9.55. The fraction of sp³-hybridized carbons (Fsp3) is 0.231. The van der Waals surface area contributed by atoms with Gasteiger partial charge in [-0.25, -0.2) is 0 Å². The Morgan fingerprint density at radius 1 is 1.39 bits per heavy atom. The largest absolute Gasteiger partial charge is 0.351 e. The molecule has 0 atom stereocenters. The first-order valence-electron chi connectivity index (χ1n) is 5.80. The second-order valence-corrected chi connectivity index (χ2v) is 4.85. The molecule has 0 unspecified atom stereocenters. The molecule has 0 fully saturated rings. The van der Waals surface area contributed by atoms with E-state index in [1.54, 1.807) is 6.07 Å². The van der Waals surface area contributed by atoms with E-state index in [2.05, 4.69) is 31.4 Å². The molecule has 1 heterocycles. The minimum absolute atomic E-state index is 0.118. The number of aromatic nitrogens is 2. The summed E-state index contributed by atoms with van der Waals surface area (Å²) in [5.41, 5.74) is 2.23. The highest BCUT2D eigenvalue weighted by Gasteiger charge is 2.09. The van der Waals surface area contributed by atoms with E-state index in [9.17, 15) is 4.79 Å². The van der Waals surface area contributed by atoms with Crippen molar-refractivity contribution in [2.45, 2.75) is 13.3 Å². The van der Waals surface area contributed by atoms with Crippen molar-refractivity contribution in [3.05, 3.63) is 40.5 Å². The first-order chi connectivity index (χ1) is 8.70. The van der Waals surface area contributed by atoms with Gasteiger partial charge in [0, 0.05) is 16.6 Å². The number of nitrogens with one attached hydrogen (secondary N) is 2. The highest BCUT2D eigenvalue weighted by atomic mass is 79.9.